The monoisotopic (exact) mass is 299 g/mol. The maximum absolute atomic E-state index is 12.4. The topological polar surface area (TPSA) is 66.1 Å². The molecule has 0 fully saturated rings. The second-order valence-electron chi connectivity index (χ2n) is 5.43. The number of H-pyrrole nitrogens is 1. The van der Waals surface area contributed by atoms with Crippen molar-refractivity contribution in [2.45, 2.75) is 26.7 Å². The van der Waals surface area contributed by atoms with E-state index in [1.807, 2.05) is 31.2 Å². The molecule has 2 rings (SSSR count). The zero-order valence-electron chi connectivity index (χ0n) is 13.2. The van der Waals surface area contributed by atoms with Gasteiger partial charge in [-0.25, -0.2) is 4.79 Å². The molecule has 116 valence electrons. The van der Waals surface area contributed by atoms with Crippen molar-refractivity contribution in [1.82, 2.24) is 14.9 Å². The Morgan fingerprint density at radius 3 is 2.59 bits per heavy atom. The number of rotatable bonds is 5. The Hall–Kier alpha value is -2.43. The van der Waals surface area contributed by atoms with Gasteiger partial charge in [0, 0.05) is 19.2 Å². The van der Waals surface area contributed by atoms with Crippen molar-refractivity contribution in [1.29, 1.82) is 0 Å². The number of hydrogen-bond donors (Lipinski definition) is 1. The van der Waals surface area contributed by atoms with Crippen LogP contribution < -0.4 is 5.69 Å². The number of aromatic amines is 1. The molecule has 1 N–H and O–H groups in total. The fourth-order valence-electron chi connectivity index (χ4n) is 2.15. The summed E-state index contributed by atoms with van der Waals surface area (Å²) in [4.78, 5) is 32.2. The molecule has 1 amide bonds. The van der Waals surface area contributed by atoms with Crippen molar-refractivity contribution >= 4 is 5.91 Å². The number of unbranched alkanes of at least 4 members (excludes halogenated alkanes) is 1. The molecule has 0 atom stereocenters. The highest BCUT2D eigenvalue weighted by atomic mass is 16.2. The maximum Gasteiger partial charge on any atom is 0.346 e. The smallest absolute Gasteiger partial charge is 0.340 e. The van der Waals surface area contributed by atoms with Crippen molar-refractivity contribution in [2.75, 3.05) is 13.6 Å². The number of amides is 1. The third kappa shape index (κ3) is 3.81. The van der Waals surface area contributed by atoms with E-state index in [4.69, 9.17) is 0 Å². The van der Waals surface area contributed by atoms with Crippen LogP contribution in [0.25, 0.3) is 11.3 Å². The van der Waals surface area contributed by atoms with Gasteiger partial charge in [-0.1, -0.05) is 43.2 Å². The predicted octanol–water partition coefficient (Wildman–Crippen LogP) is 2.62. The molecule has 22 heavy (non-hydrogen) atoms. The molecule has 0 aliphatic carbocycles. The molecule has 0 bridgehead atoms. The minimum absolute atomic E-state index is 0.193. The van der Waals surface area contributed by atoms with Crippen molar-refractivity contribution in [3.05, 3.63) is 52.1 Å². The van der Waals surface area contributed by atoms with E-state index < -0.39 is 5.69 Å². The molecule has 0 saturated carbocycles. The number of carbonyl (C=O) groups is 1. The lowest BCUT2D eigenvalue weighted by molar-refractivity contribution is 0.0787. The number of aromatic nitrogens is 2. The highest BCUT2D eigenvalue weighted by molar-refractivity contribution is 5.93. The van der Waals surface area contributed by atoms with Gasteiger partial charge in [-0.3, -0.25) is 4.79 Å². The normalized spacial score (nSPS) is 10.5. The summed E-state index contributed by atoms with van der Waals surface area (Å²) in [6.07, 6.45) is 1.95. The number of benzene rings is 1. The highest BCUT2D eigenvalue weighted by Crippen LogP contribution is 2.17. The first kappa shape index (κ1) is 15.9. The molecule has 0 aliphatic rings. The average Bonchev–Trinajstić information content (AvgIpc) is 2.52. The Kier molecular flexibility index (Phi) is 5.09. The van der Waals surface area contributed by atoms with Crippen LogP contribution in [-0.4, -0.2) is 34.4 Å². The molecule has 5 heteroatoms. The summed E-state index contributed by atoms with van der Waals surface area (Å²) in [7, 11) is 1.74. The summed E-state index contributed by atoms with van der Waals surface area (Å²) in [5.41, 5.74) is 2.22. The quantitative estimate of drug-likeness (QED) is 0.923. The van der Waals surface area contributed by atoms with Crippen LogP contribution in [0.4, 0.5) is 0 Å². The van der Waals surface area contributed by atoms with E-state index in [0.717, 1.165) is 24.0 Å². The molecule has 0 saturated heterocycles. The van der Waals surface area contributed by atoms with Gasteiger partial charge >= 0.3 is 5.69 Å². The average molecular weight is 299 g/mol. The van der Waals surface area contributed by atoms with Gasteiger partial charge in [0.05, 0.1) is 5.69 Å². The summed E-state index contributed by atoms with van der Waals surface area (Å²) >= 11 is 0. The first-order chi connectivity index (χ1) is 10.5. The van der Waals surface area contributed by atoms with E-state index in [1.165, 1.54) is 0 Å². The standard InChI is InChI=1S/C17H21N3O2/c1-4-5-10-20(3)16(21)15-11-14(18-17(22)19-15)13-8-6-12(2)7-9-13/h6-9,11H,4-5,10H2,1-3H3,(H,18,19,22). The van der Waals surface area contributed by atoms with Crippen LogP contribution in [0.3, 0.4) is 0 Å². The van der Waals surface area contributed by atoms with Crippen LogP contribution in [0, 0.1) is 6.92 Å². The maximum atomic E-state index is 12.4. The Bertz CT molecular complexity index is 705. The summed E-state index contributed by atoms with van der Waals surface area (Å²) in [6, 6.07) is 9.33. The van der Waals surface area contributed by atoms with Gasteiger partial charge in [0.15, 0.2) is 0 Å². The highest BCUT2D eigenvalue weighted by Gasteiger charge is 2.14. The van der Waals surface area contributed by atoms with E-state index >= 15 is 0 Å². The zero-order valence-corrected chi connectivity index (χ0v) is 13.2. The summed E-state index contributed by atoms with van der Waals surface area (Å²) in [5.74, 6) is -0.193. The van der Waals surface area contributed by atoms with Gasteiger partial charge in [-0.15, -0.1) is 0 Å². The summed E-state index contributed by atoms with van der Waals surface area (Å²) in [6.45, 7) is 4.73. The fraction of sp³-hybridized carbons (Fsp3) is 0.353. The van der Waals surface area contributed by atoms with Gasteiger partial charge in [0.25, 0.3) is 5.91 Å². The number of aryl methyl sites for hydroxylation is 1. The Balaban J connectivity index is 2.32. The van der Waals surface area contributed by atoms with Crippen LogP contribution in [0.5, 0.6) is 0 Å². The summed E-state index contributed by atoms with van der Waals surface area (Å²) in [5, 5.41) is 0. The van der Waals surface area contributed by atoms with Crippen LogP contribution in [0.15, 0.2) is 35.1 Å². The van der Waals surface area contributed by atoms with Crippen molar-refractivity contribution in [2.24, 2.45) is 0 Å². The number of hydrogen-bond acceptors (Lipinski definition) is 3. The SMILES string of the molecule is CCCCN(C)C(=O)c1cc(-c2ccc(C)cc2)nc(=O)[nH]1. The van der Waals surface area contributed by atoms with E-state index in [0.29, 0.717) is 12.2 Å². The molecule has 1 heterocycles. The van der Waals surface area contributed by atoms with Crippen LogP contribution in [-0.2, 0) is 0 Å². The minimum Gasteiger partial charge on any atom is -0.340 e. The largest absolute Gasteiger partial charge is 0.346 e. The fourth-order valence-corrected chi connectivity index (χ4v) is 2.15. The lowest BCUT2D eigenvalue weighted by atomic mass is 10.1. The van der Waals surface area contributed by atoms with Gasteiger partial charge < -0.3 is 9.88 Å². The third-order valence-electron chi connectivity index (χ3n) is 3.52. The van der Waals surface area contributed by atoms with Crippen molar-refractivity contribution in [3.63, 3.8) is 0 Å². The molecule has 0 aliphatic heterocycles. The molecule has 0 unspecified atom stereocenters. The molecule has 5 nitrogen and oxygen atoms in total. The molecule has 2 aromatic rings. The third-order valence-corrected chi connectivity index (χ3v) is 3.52. The Labute approximate surface area is 130 Å². The van der Waals surface area contributed by atoms with Crippen molar-refractivity contribution < 1.29 is 4.79 Å². The number of nitrogens with zero attached hydrogens (tertiary/aromatic N) is 2. The molecule has 1 aromatic heterocycles. The van der Waals surface area contributed by atoms with Crippen molar-refractivity contribution in [3.8, 4) is 11.3 Å². The van der Waals surface area contributed by atoms with Gasteiger partial charge in [-0.05, 0) is 19.4 Å². The van der Waals surface area contributed by atoms with E-state index in [2.05, 4.69) is 16.9 Å². The summed E-state index contributed by atoms with van der Waals surface area (Å²) < 4.78 is 0. The first-order valence-electron chi connectivity index (χ1n) is 7.45. The lowest BCUT2D eigenvalue weighted by Gasteiger charge is -2.16. The molecule has 0 spiro atoms. The van der Waals surface area contributed by atoms with Gasteiger partial charge in [-0.2, -0.15) is 4.98 Å². The van der Waals surface area contributed by atoms with E-state index in [1.54, 1.807) is 18.0 Å². The minimum atomic E-state index is -0.509. The molecule has 0 radical (unpaired) electrons. The zero-order chi connectivity index (χ0) is 16.1. The second-order valence-corrected chi connectivity index (χ2v) is 5.43. The second kappa shape index (κ2) is 7.02. The predicted molar refractivity (Wildman–Crippen MR) is 86.9 cm³/mol. The molecular formula is C17H21N3O2. The van der Waals surface area contributed by atoms with Gasteiger partial charge in [0.1, 0.15) is 5.69 Å². The Morgan fingerprint density at radius 2 is 1.95 bits per heavy atom. The van der Waals surface area contributed by atoms with Crippen LogP contribution in [0.2, 0.25) is 0 Å². The van der Waals surface area contributed by atoms with E-state index in [9.17, 15) is 9.59 Å². The van der Waals surface area contributed by atoms with E-state index in [-0.39, 0.29) is 11.6 Å². The molecule has 1 aromatic carbocycles. The van der Waals surface area contributed by atoms with Crippen LogP contribution >= 0.6 is 0 Å². The Morgan fingerprint density at radius 1 is 1.27 bits per heavy atom. The number of carbonyl (C=O) groups excluding carboxylic acids is 1. The number of nitrogens with one attached hydrogen (secondary N) is 1. The molecular weight excluding hydrogens is 278 g/mol. The van der Waals surface area contributed by atoms with Crippen LogP contribution in [0.1, 0.15) is 35.8 Å². The lowest BCUT2D eigenvalue weighted by Crippen LogP contribution is -2.30. The van der Waals surface area contributed by atoms with Gasteiger partial charge in [0.2, 0.25) is 0 Å². The first-order valence-corrected chi connectivity index (χ1v) is 7.45.